The third-order valence-corrected chi connectivity index (χ3v) is 6.92. The summed E-state index contributed by atoms with van der Waals surface area (Å²) in [5, 5.41) is 12.6. The van der Waals surface area contributed by atoms with Gasteiger partial charge >= 0.3 is 0 Å². The van der Waals surface area contributed by atoms with Crippen LogP contribution in [0.2, 0.25) is 5.28 Å². The van der Waals surface area contributed by atoms with Crippen LogP contribution < -0.4 is 14.4 Å². The second kappa shape index (κ2) is 8.63. The van der Waals surface area contributed by atoms with E-state index in [1.54, 1.807) is 18.2 Å². The van der Waals surface area contributed by atoms with Crippen LogP contribution in [0.3, 0.4) is 0 Å². The van der Waals surface area contributed by atoms with Crippen molar-refractivity contribution in [2.24, 2.45) is 5.41 Å². The van der Waals surface area contributed by atoms with Crippen molar-refractivity contribution in [2.45, 2.75) is 19.3 Å². The number of hydrogen-bond acceptors (Lipinski definition) is 7. The fraction of sp³-hybridized carbons (Fsp3) is 0.444. The number of halogens is 2. The van der Waals surface area contributed by atoms with Crippen LogP contribution in [0.4, 0.5) is 17.2 Å². The number of anilines is 3. The molecule has 2 N–H and O–H groups in total. The molecule has 0 aliphatic heterocycles. The summed E-state index contributed by atoms with van der Waals surface area (Å²) < 4.78 is 31.8. The zero-order valence-corrected chi connectivity index (χ0v) is 19.2. The molecule has 1 aliphatic rings. The molecule has 3 rings (SSSR count). The molecule has 0 atom stereocenters. The number of aliphatic hydroxyl groups excluding tert-OH is 1. The van der Waals surface area contributed by atoms with E-state index in [2.05, 4.69) is 31.2 Å². The van der Waals surface area contributed by atoms with E-state index in [1.807, 2.05) is 0 Å². The Morgan fingerprint density at radius 2 is 2.14 bits per heavy atom. The highest BCUT2D eigenvalue weighted by Crippen LogP contribution is 2.48. The number of ether oxygens (including phenoxy) is 1. The molecule has 8 nitrogen and oxygen atoms in total. The molecule has 1 aliphatic carbocycles. The number of nitrogens with zero attached hydrogens (tertiary/aromatic N) is 3. The van der Waals surface area contributed by atoms with Gasteiger partial charge in [-0.1, -0.05) is 0 Å². The molecule has 1 saturated carbocycles. The second-order valence-electron chi connectivity index (χ2n) is 7.13. The SMILES string of the molecule is CN(c1cc(OCCC2(CO)CC2)ccc1Nc1nc(Cl)ncc1Br)S(C)(=O)=O. The van der Waals surface area contributed by atoms with Gasteiger partial charge in [0.1, 0.15) is 11.6 Å². The Hall–Kier alpha value is -1.62. The molecule has 0 bridgehead atoms. The number of nitrogens with one attached hydrogen (secondary N) is 1. The first kappa shape index (κ1) is 22.1. The minimum Gasteiger partial charge on any atom is -0.493 e. The Labute approximate surface area is 183 Å². The molecule has 1 aromatic heterocycles. The summed E-state index contributed by atoms with van der Waals surface area (Å²) in [5.41, 5.74) is 0.900. The van der Waals surface area contributed by atoms with E-state index < -0.39 is 10.0 Å². The number of aromatic nitrogens is 2. The summed E-state index contributed by atoms with van der Waals surface area (Å²) in [6.07, 6.45) is 5.40. The van der Waals surface area contributed by atoms with Crippen molar-refractivity contribution in [3.05, 3.63) is 34.2 Å². The summed E-state index contributed by atoms with van der Waals surface area (Å²) in [4.78, 5) is 8.00. The molecule has 0 spiro atoms. The first-order valence-corrected chi connectivity index (χ1v) is 11.9. The van der Waals surface area contributed by atoms with Crippen molar-refractivity contribution in [3.63, 3.8) is 0 Å². The minimum atomic E-state index is -3.51. The molecule has 2 aromatic rings. The summed E-state index contributed by atoms with van der Waals surface area (Å²) in [7, 11) is -2.04. The maximum Gasteiger partial charge on any atom is 0.232 e. The Kier molecular flexibility index (Phi) is 6.57. The van der Waals surface area contributed by atoms with Gasteiger partial charge in [0.15, 0.2) is 0 Å². The quantitative estimate of drug-likeness (QED) is 0.502. The van der Waals surface area contributed by atoms with Crippen LogP contribution in [-0.4, -0.2) is 50.0 Å². The van der Waals surface area contributed by atoms with Gasteiger partial charge in [-0.25, -0.2) is 13.4 Å². The maximum absolute atomic E-state index is 12.1. The van der Waals surface area contributed by atoms with Crippen LogP contribution >= 0.6 is 27.5 Å². The van der Waals surface area contributed by atoms with E-state index in [0.717, 1.165) is 29.8 Å². The Balaban J connectivity index is 1.85. The largest absolute Gasteiger partial charge is 0.493 e. The normalized spacial score (nSPS) is 15.1. The van der Waals surface area contributed by atoms with Crippen LogP contribution in [0, 0.1) is 5.41 Å². The zero-order chi connectivity index (χ0) is 21.2. The fourth-order valence-electron chi connectivity index (χ4n) is 2.76. The van der Waals surface area contributed by atoms with Gasteiger partial charge < -0.3 is 15.2 Å². The molecule has 29 heavy (non-hydrogen) atoms. The average Bonchev–Trinajstić information content (AvgIpc) is 3.45. The smallest absolute Gasteiger partial charge is 0.232 e. The van der Waals surface area contributed by atoms with Gasteiger partial charge in [0.25, 0.3) is 0 Å². The number of hydrogen-bond donors (Lipinski definition) is 2. The van der Waals surface area contributed by atoms with E-state index in [0.29, 0.717) is 34.0 Å². The van der Waals surface area contributed by atoms with Crippen molar-refractivity contribution in [2.75, 3.05) is 36.1 Å². The predicted molar refractivity (Wildman–Crippen MR) is 117 cm³/mol. The summed E-state index contributed by atoms with van der Waals surface area (Å²) >= 11 is 9.21. The Morgan fingerprint density at radius 1 is 1.41 bits per heavy atom. The molecule has 1 heterocycles. The lowest BCUT2D eigenvalue weighted by atomic mass is 10.1. The zero-order valence-electron chi connectivity index (χ0n) is 16.0. The van der Waals surface area contributed by atoms with Gasteiger partial charge in [-0.2, -0.15) is 4.98 Å². The van der Waals surface area contributed by atoms with Crippen molar-refractivity contribution in [3.8, 4) is 5.75 Å². The molecule has 0 saturated heterocycles. The van der Waals surface area contributed by atoms with E-state index >= 15 is 0 Å². The lowest BCUT2D eigenvalue weighted by molar-refractivity contribution is 0.176. The first-order valence-electron chi connectivity index (χ1n) is 8.90. The molecule has 0 amide bonds. The predicted octanol–water partition coefficient (Wildman–Crippen LogP) is 3.57. The molecular formula is C18H22BrClN4O4S. The summed E-state index contributed by atoms with van der Waals surface area (Å²) in [6, 6.07) is 5.11. The third kappa shape index (κ3) is 5.50. The van der Waals surface area contributed by atoms with Gasteiger partial charge in [-0.05, 0) is 64.3 Å². The van der Waals surface area contributed by atoms with E-state index in [9.17, 15) is 13.5 Å². The number of rotatable bonds is 9. The molecule has 158 valence electrons. The molecule has 1 fully saturated rings. The fourth-order valence-corrected chi connectivity index (χ4v) is 3.69. The highest BCUT2D eigenvalue weighted by molar-refractivity contribution is 9.10. The molecular weight excluding hydrogens is 484 g/mol. The van der Waals surface area contributed by atoms with E-state index in [-0.39, 0.29) is 17.3 Å². The van der Waals surface area contributed by atoms with Gasteiger partial charge in [-0.15, -0.1) is 0 Å². The van der Waals surface area contributed by atoms with Crippen molar-refractivity contribution < 1.29 is 18.3 Å². The molecule has 0 unspecified atom stereocenters. The monoisotopic (exact) mass is 504 g/mol. The van der Waals surface area contributed by atoms with Crippen LogP contribution in [0.1, 0.15) is 19.3 Å². The third-order valence-electron chi connectivity index (χ3n) is 4.97. The maximum atomic E-state index is 12.1. The van der Waals surface area contributed by atoms with E-state index in [4.69, 9.17) is 16.3 Å². The highest BCUT2D eigenvalue weighted by atomic mass is 79.9. The second-order valence-corrected chi connectivity index (χ2v) is 10.3. The molecule has 1 aromatic carbocycles. The average molecular weight is 506 g/mol. The Bertz CT molecular complexity index is 1000. The van der Waals surface area contributed by atoms with Gasteiger partial charge in [0.2, 0.25) is 15.3 Å². The van der Waals surface area contributed by atoms with Crippen LogP contribution in [-0.2, 0) is 10.0 Å². The number of sulfonamides is 1. The van der Waals surface area contributed by atoms with Crippen LogP contribution in [0.15, 0.2) is 28.9 Å². The number of aliphatic hydroxyl groups is 1. The number of benzene rings is 1. The highest BCUT2D eigenvalue weighted by Gasteiger charge is 2.41. The Morgan fingerprint density at radius 3 is 2.76 bits per heavy atom. The van der Waals surface area contributed by atoms with Crippen molar-refractivity contribution in [1.82, 2.24) is 9.97 Å². The first-order chi connectivity index (χ1) is 13.6. The van der Waals surface area contributed by atoms with E-state index in [1.165, 1.54) is 13.2 Å². The van der Waals surface area contributed by atoms with Crippen molar-refractivity contribution in [1.29, 1.82) is 0 Å². The molecule has 11 heteroatoms. The summed E-state index contributed by atoms with van der Waals surface area (Å²) in [6.45, 7) is 0.611. The lowest BCUT2D eigenvalue weighted by Crippen LogP contribution is -2.25. The van der Waals surface area contributed by atoms with Crippen LogP contribution in [0.25, 0.3) is 0 Å². The topological polar surface area (TPSA) is 105 Å². The molecule has 0 radical (unpaired) electrons. The lowest BCUT2D eigenvalue weighted by Gasteiger charge is -2.22. The van der Waals surface area contributed by atoms with Gasteiger partial charge in [-0.3, -0.25) is 4.31 Å². The van der Waals surface area contributed by atoms with Gasteiger partial charge in [0, 0.05) is 25.9 Å². The van der Waals surface area contributed by atoms with Crippen LogP contribution in [0.5, 0.6) is 5.75 Å². The van der Waals surface area contributed by atoms with Gasteiger partial charge in [0.05, 0.1) is 28.7 Å². The minimum absolute atomic E-state index is 0.00750. The standard InChI is InChI=1S/C18H22BrClN4O4S/c1-24(29(2,26)27)15-9-12(28-8-7-18(11-25)5-6-18)3-4-14(15)22-16-13(19)10-21-17(20)23-16/h3-4,9-10,25H,5-8,11H2,1-2H3,(H,21,22,23). The van der Waals surface area contributed by atoms with Crippen molar-refractivity contribution >= 4 is 54.7 Å². The summed E-state index contributed by atoms with van der Waals surface area (Å²) in [5.74, 6) is 0.940.